The van der Waals surface area contributed by atoms with Crippen LogP contribution in [0.5, 0.6) is 5.88 Å². The largest absolute Gasteiger partial charge is 0.574 e. The molecule has 0 aliphatic carbocycles. The molecular formula is C6H4F3IN2O2. The van der Waals surface area contributed by atoms with Crippen LogP contribution in [-0.4, -0.2) is 11.3 Å². The molecule has 0 atom stereocenters. The van der Waals surface area contributed by atoms with Gasteiger partial charge in [-0.3, -0.25) is 4.79 Å². The molecule has 0 saturated carbocycles. The predicted octanol–water partition coefficient (Wildman–Crippen LogP) is 1.46. The van der Waals surface area contributed by atoms with Crippen LogP contribution in [0.25, 0.3) is 0 Å². The summed E-state index contributed by atoms with van der Waals surface area (Å²) < 4.78 is 38.8. The van der Waals surface area contributed by atoms with Crippen LogP contribution in [0, 0.1) is 3.57 Å². The highest BCUT2D eigenvalue weighted by Gasteiger charge is 2.31. The lowest BCUT2D eigenvalue weighted by Gasteiger charge is -2.09. The molecule has 0 bridgehead atoms. The van der Waals surface area contributed by atoms with E-state index >= 15 is 0 Å². The average Bonchev–Trinajstić information content (AvgIpc) is 1.96. The number of pyridine rings is 1. The van der Waals surface area contributed by atoms with Crippen molar-refractivity contribution in [2.75, 3.05) is 5.73 Å². The molecule has 0 amide bonds. The molecule has 0 aliphatic heterocycles. The lowest BCUT2D eigenvalue weighted by Crippen LogP contribution is -2.20. The summed E-state index contributed by atoms with van der Waals surface area (Å²) in [6.45, 7) is 0. The first kappa shape index (κ1) is 11.1. The minimum Gasteiger partial charge on any atom is -0.390 e. The first-order valence-electron chi connectivity index (χ1n) is 3.23. The maximum atomic E-state index is 11.7. The highest BCUT2D eigenvalue weighted by Crippen LogP contribution is 2.21. The summed E-state index contributed by atoms with van der Waals surface area (Å²) >= 11 is 1.62. The van der Waals surface area contributed by atoms with Crippen LogP contribution >= 0.6 is 22.6 Å². The molecule has 0 aromatic carbocycles. The number of alkyl halides is 3. The Morgan fingerprint density at radius 1 is 1.50 bits per heavy atom. The highest BCUT2D eigenvalue weighted by atomic mass is 127. The number of nitrogen functional groups attached to an aromatic ring is 1. The number of hydrogen-bond donors (Lipinski definition) is 2. The van der Waals surface area contributed by atoms with Crippen molar-refractivity contribution in [3.05, 3.63) is 19.9 Å². The lowest BCUT2D eigenvalue weighted by molar-refractivity contribution is -0.276. The Morgan fingerprint density at radius 3 is 2.50 bits per heavy atom. The van der Waals surface area contributed by atoms with Crippen molar-refractivity contribution in [1.82, 2.24) is 4.98 Å². The van der Waals surface area contributed by atoms with Gasteiger partial charge in [0.1, 0.15) is 9.39 Å². The van der Waals surface area contributed by atoms with E-state index in [1.165, 1.54) is 0 Å². The molecule has 1 aromatic heterocycles. The number of rotatable bonds is 1. The Balaban J connectivity index is 3.08. The van der Waals surface area contributed by atoms with Crippen molar-refractivity contribution in [3.8, 4) is 5.88 Å². The first-order valence-corrected chi connectivity index (χ1v) is 4.31. The summed E-state index contributed by atoms with van der Waals surface area (Å²) in [6, 6.07) is 0.686. The molecule has 3 N–H and O–H groups in total. The molecule has 4 nitrogen and oxygen atoms in total. The fourth-order valence-corrected chi connectivity index (χ4v) is 1.01. The predicted molar refractivity (Wildman–Crippen MR) is 50.9 cm³/mol. The molecule has 0 fully saturated rings. The Hall–Kier alpha value is -0.930. The summed E-state index contributed by atoms with van der Waals surface area (Å²) in [6.07, 6.45) is -4.85. The smallest absolute Gasteiger partial charge is 0.390 e. The van der Waals surface area contributed by atoms with Gasteiger partial charge in [-0.25, -0.2) is 0 Å². The molecule has 0 spiro atoms. The van der Waals surface area contributed by atoms with Crippen LogP contribution in [-0.2, 0) is 0 Å². The van der Waals surface area contributed by atoms with Gasteiger partial charge in [-0.1, -0.05) is 0 Å². The fraction of sp³-hybridized carbons (Fsp3) is 0.167. The molecule has 1 heterocycles. The van der Waals surface area contributed by atoms with Gasteiger partial charge >= 0.3 is 6.36 Å². The standard InChI is InChI=1S/C6H4F3IN2O2/c7-6(8,9)14-3-1-2(13)4(10)5(11)12-3/h1H,(H3,11,12,13). The number of aromatic amines is 1. The van der Waals surface area contributed by atoms with Crippen molar-refractivity contribution in [1.29, 1.82) is 0 Å². The number of ether oxygens (including phenoxy) is 1. The Morgan fingerprint density at radius 2 is 2.07 bits per heavy atom. The summed E-state index contributed by atoms with van der Waals surface area (Å²) in [4.78, 5) is 13.1. The van der Waals surface area contributed by atoms with Crippen molar-refractivity contribution in [2.45, 2.75) is 6.36 Å². The van der Waals surface area contributed by atoms with Crippen LogP contribution in [0.2, 0.25) is 0 Å². The number of aromatic nitrogens is 1. The number of anilines is 1. The van der Waals surface area contributed by atoms with E-state index in [-0.39, 0.29) is 9.39 Å². The summed E-state index contributed by atoms with van der Waals surface area (Å²) in [5.74, 6) is -0.877. The minimum absolute atomic E-state index is 0.122. The van der Waals surface area contributed by atoms with E-state index < -0.39 is 17.7 Å². The average molecular weight is 320 g/mol. The van der Waals surface area contributed by atoms with Crippen LogP contribution in [0.3, 0.4) is 0 Å². The molecule has 0 saturated heterocycles. The maximum absolute atomic E-state index is 11.7. The summed E-state index contributed by atoms with van der Waals surface area (Å²) in [5, 5.41) is 0. The first-order chi connectivity index (χ1) is 6.29. The number of nitrogens with one attached hydrogen (secondary N) is 1. The van der Waals surface area contributed by atoms with Crippen molar-refractivity contribution < 1.29 is 17.9 Å². The van der Waals surface area contributed by atoms with E-state index in [1.807, 2.05) is 0 Å². The van der Waals surface area contributed by atoms with E-state index in [9.17, 15) is 18.0 Å². The van der Waals surface area contributed by atoms with Crippen molar-refractivity contribution >= 4 is 28.4 Å². The summed E-state index contributed by atoms with van der Waals surface area (Å²) in [5.41, 5.74) is 4.61. The highest BCUT2D eigenvalue weighted by molar-refractivity contribution is 14.1. The Bertz CT molecular complexity index is 401. The van der Waals surface area contributed by atoms with Gasteiger partial charge in [-0.15, -0.1) is 13.2 Å². The molecule has 0 aliphatic rings. The molecule has 78 valence electrons. The van der Waals surface area contributed by atoms with Gasteiger partial charge in [0.15, 0.2) is 0 Å². The third-order valence-electron chi connectivity index (χ3n) is 1.20. The zero-order valence-corrected chi connectivity index (χ0v) is 8.64. The van der Waals surface area contributed by atoms with E-state index in [4.69, 9.17) is 5.73 Å². The second-order valence-electron chi connectivity index (χ2n) is 2.27. The van der Waals surface area contributed by atoms with Crippen molar-refractivity contribution in [3.63, 3.8) is 0 Å². The van der Waals surface area contributed by atoms with Crippen LogP contribution < -0.4 is 15.9 Å². The van der Waals surface area contributed by atoms with Gasteiger partial charge in [0.05, 0.1) is 0 Å². The maximum Gasteiger partial charge on any atom is 0.574 e. The fourth-order valence-electron chi connectivity index (χ4n) is 0.719. The molecule has 1 aromatic rings. The number of halogens is 4. The third-order valence-corrected chi connectivity index (χ3v) is 2.31. The van der Waals surface area contributed by atoms with Gasteiger partial charge in [0, 0.05) is 6.07 Å². The van der Waals surface area contributed by atoms with Gasteiger partial charge < -0.3 is 15.5 Å². The minimum atomic E-state index is -4.85. The van der Waals surface area contributed by atoms with Gasteiger partial charge in [0.2, 0.25) is 11.3 Å². The molecule has 8 heteroatoms. The molecule has 14 heavy (non-hydrogen) atoms. The zero-order valence-electron chi connectivity index (χ0n) is 6.48. The van der Waals surface area contributed by atoms with Crippen LogP contribution in [0.15, 0.2) is 10.9 Å². The Labute approximate surface area is 89.4 Å². The van der Waals surface area contributed by atoms with Gasteiger partial charge in [-0.05, 0) is 22.6 Å². The third kappa shape index (κ3) is 2.79. The van der Waals surface area contributed by atoms with Gasteiger partial charge in [0.25, 0.3) is 0 Å². The van der Waals surface area contributed by atoms with Crippen LogP contribution in [0.1, 0.15) is 0 Å². The SMILES string of the molecule is Nc1[nH]c(OC(F)(F)F)cc(=O)c1I. The normalized spacial score (nSPS) is 11.4. The second kappa shape index (κ2) is 3.67. The van der Waals surface area contributed by atoms with E-state index in [2.05, 4.69) is 9.72 Å². The van der Waals surface area contributed by atoms with E-state index in [0.717, 1.165) is 0 Å². The van der Waals surface area contributed by atoms with E-state index in [1.54, 1.807) is 22.6 Å². The zero-order chi connectivity index (χ0) is 10.9. The topological polar surface area (TPSA) is 68.1 Å². The van der Waals surface area contributed by atoms with E-state index in [0.29, 0.717) is 6.07 Å². The molecule has 0 radical (unpaired) electrons. The number of H-pyrrole nitrogens is 1. The van der Waals surface area contributed by atoms with Gasteiger partial charge in [-0.2, -0.15) is 0 Å². The molecular weight excluding hydrogens is 316 g/mol. The lowest BCUT2D eigenvalue weighted by atomic mass is 10.4. The second-order valence-corrected chi connectivity index (χ2v) is 3.35. The molecule has 1 rings (SSSR count). The quantitative estimate of drug-likeness (QED) is 0.770. The number of hydrogen-bond acceptors (Lipinski definition) is 3. The van der Waals surface area contributed by atoms with Crippen LogP contribution in [0.4, 0.5) is 19.0 Å². The molecule has 0 unspecified atom stereocenters. The van der Waals surface area contributed by atoms with Crippen molar-refractivity contribution in [2.24, 2.45) is 0 Å². The monoisotopic (exact) mass is 320 g/mol. The number of nitrogens with two attached hydrogens (primary N) is 1. The summed E-state index contributed by atoms with van der Waals surface area (Å²) in [7, 11) is 0. The Kier molecular flexibility index (Phi) is 2.92.